The van der Waals surface area contributed by atoms with Gasteiger partial charge in [-0.3, -0.25) is 5.43 Å². The fourth-order valence-corrected chi connectivity index (χ4v) is 1.32. The van der Waals surface area contributed by atoms with Gasteiger partial charge in [-0.2, -0.15) is 5.10 Å². The van der Waals surface area contributed by atoms with E-state index in [4.69, 9.17) is 0 Å². The fourth-order valence-electron chi connectivity index (χ4n) is 1.32. The quantitative estimate of drug-likeness (QED) is 0.629. The number of phenols is 1. The lowest BCUT2D eigenvalue weighted by molar-refractivity contribution is 0.472. The summed E-state index contributed by atoms with van der Waals surface area (Å²) in [6.45, 7) is 0. The third kappa shape index (κ3) is 3.04. The molecule has 3 nitrogen and oxygen atoms in total. The van der Waals surface area contributed by atoms with Crippen molar-refractivity contribution < 1.29 is 9.50 Å². The molecule has 0 aliphatic rings. The van der Waals surface area contributed by atoms with Crippen LogP contribution in [0.5, 0.6) is 5.75 Å². The molecule has 0 aliphatic carbocycles. The van der Waals surface area contributed by atoms with Crippen molar-refractivity contribution in [3.8, 4) is 5.75 Å². The molecule has 0 fully saturated rings. The van der Waals surface area contributed by atoms with Gasteiger partial charge >= 0.3 is 0 Å². The van der Waals surface area contributed by atoms with E-state index in [0.717, 1.165) is 5.69 Å². The summed E-state index contributed by atoms with van der Waals surface area (Å²) in [7, 11) is 0. The van der Waals surface area contributed by atoms with Gasteiger partial charge in [0, 0.05) is 5.56 Å². The number of hydrazone groups is 1. The van der Waals surface area contributed by atoms with Crippen molar-refractivity contribution in [3.05, 3.63) is 59.9 Å². The number of anilines is 1. The third-order valence-corrected chi connectivity index (χ3v) is 2.16. The number of aromatic hydroxyl groups is 1. The minimum absolute atomic E-state index is 0.00925. The summed E-state index contributed by atoms with van der Waals surface area (Å²) < 4.78 is 12.9. The topological polar surface area (TPSA) is 44.6 Å². The maximum absolute atomic E-state index is 12.9. The van der Waals surface area contributed by atoms with Crippen molar-refractivity contribution in [1.29, 1.82) is 0 Å². The summed E-state index contributed by atoms with van der Waals surface area (Å²) in [6, 6.07) is 13.0. The van der Waals surface area contributed by atoms with Crippen molar-refractivity contribution in [2.45, 2.75) is 0 Å². The molecule has 2 N–H and O–H groups in total. The van der Waals surface area contributed by atoms with Crippen LogP contribution < -0.4 is 5.43 Å². The lowest BCUT2D eigenvalue weighted by atomic mass is 10.2. The van der Waals surface area contributed by atoms with Crippen molar-refractivity contribution in [2.24, 2.45) is 5.10 Å². The second-order valence-electron chi connectivity index (χ2n) is 3.44. The maximum Gasteiger partial charge on any atom is 0.124 e. The smallest absolute Gasteiger partial charge is 0.124 e. The van der Waals surface area contributed by atoms with Crippen LogP contribution in [0.2, 0.25) is 0 Å². The van der Waals surface area contributed by atoms with Crippen LogP contribution >= 0.6 is 0 Å². The molecule has 0 saturated carbocycles. The molecule has 0 radical (unpaired) electrons. The van der Waals surface area contributed by atoms with Crippen molar-refractivity contribution in [1.82, 2.24) is 0 Å². The van der Waals surface area contributed by atoms with E-state index in [1.807, 2.05) is 30.3 Å². The van der Waals surface area contributed by atoms with Crippen molar-refractivity contribution in [2.75, 3.05) is 5.43 Å². The SMILES string of the molecule is Oc1ccc(F)cc1C=NNc1ccccc1. The number of halogens is 1. The molecule has 0 aliphatic heterocycles. The van der Waals surface area contributed by atoms with Crippen LogP contribution in [0.3, 0.4) is 0 Å². The molecule has 86 valence electrons. The molecule has 0 saturated heterocycles. The van der Waals surface area contributed by atoms with Gasteiger partial charge in [0.05, 0.1) is 11.9 Å². The van der Waals surface area contributed by atoms with Crippen LogP contribution in [-0.4, -0.2) is 11.3 Å². The Morgan fingerprint density at radius 1 is 1.12 bits per heavy atom. The second-order valence-corrected chi connectivity index (χ2v) is 3.44. The predicted octanol–water partition coefficient (Wildman–Crippen LogP) is 2.98. The number of rotatable bonds is 3. The molecule has 0 bridgehead atoms. The number of benzene rings is 2. The molecule has 0 aromatic heterocycles. The zero-order chi connectivity index (χ0) is 12.1. The lowest BCUT2D eigenvalue weighted by Crippen LogP contribution is -1.91. The highest BCUT2D eigenvalue weighted by Gasteiger charge is 1.99. The molecule has 0 unspecified atom stereocenters. The van der Waals surface area contributed by atoms with Gasteiger partial charge in [0.25, 0.3) is 0 Å². The Balaban J connectivity index is 2.08. The highest BCUT2D eigenvalue weighted by Crippen LogP contribution is 2.15. The number of hydrogen-bond donors (Lipinski definition) is 2. The minimum atomic E-state index is -0.413. The first kappa shape index (κ1) is 11.1. The Bertz CT molecular complexity index is 526. The molecule has 2 aromatic carbocycles. The van der Waals surface area contributed by atoms with Crippen LogP contribution in [-0.2, 0) is 0 Å². The predicted molar refractivity (Wildman–Crippen MR) is 65.7 cm³/mol. The van der Waals surface area contributed by atoms with Gasteiger partial charge in [-0.15, -0.1) is 0 Å². The maximum atomic E-state index is 12.9. The monoisotopic (exact) mass is 230 g/mol. The van der Waals surface area contributed by atoms with Crippen molar-refractivity contribution >= 4 is 11.9 Å². The summed E-state index contributed by atoms with van der Waals surface area (Å²) in [4.78, 5) is 0. The van der Waals surface area contributed by atoms with Crippen LogP contribution in [0.25, 0.3) is 0 Å². The first-order valence-electron chi connectivity index (χ1n) is 5.08. The first-order valence-corrected chi connectivity index (χ1v) is 5.08. The van der Waals surface area contributed by atoms with Gasteiger partial charge in [0.1, 0.15) is 11.6 Å². The zero-order valence-electron chi connectivity index (χ0n) is 8.97. The highest BCUT2D eigenvalue weighted by molar-refractivity contribution is 5.83. The largest absolute Gasteiger partial charge is 0.507 e. The van der Waals surface area contributed by atoms with Gasteiger partial charge in [0.2, 0.25) is 0 Å². The molecular weight excluding hydrogens is 219 g/mol. The van der Waals surface area contributed by atoms with Gasteiger partial charge in [-0.05, 0) is 30.3 Å². The summed E-state index contributed by atoms with van der Waals surface area (Å²) in [5.74, 6) is -0.422. The number of phenolic OH excluding ortho intramolecular Hbond substituents is 1. The van der Waals surface area contributed by atoms with E-state index in [1.165, 1.54) is 24.4 Å². The second kappa shape index (κ2) is 5.12. The number of nitrogens with one attached hydrogen (secondary N) is 1. The summed E-state index contributed by atoms with van der Waals surface area (Å²) >= 11 is 0. The molecular formula is C13H11FN2O. The Morgan fingerprint density at radius 2 is 1.88 bits per heavy atom. The lowest BCUT2D eigenvalue weighted by Gasteiger charge is -2.00. The van der Waals surface area contributed by atoms with Crippen LogP contribution in [0.1, 0.15) is 5.56 Å². The average Bonchev–Trinajstić information content (AvgIpc) is 2.35. The molecule has 4 heteroatoms. The fraction of sp³-hybridized carbons (Fsp3) is 0. The molecule has 0 heterocycles. The standard InChI is InChI=1S/C13H11FN2O/c14-11-6-7-13(17)10(8-11)9-15-16-12-4-2-1-3-5-12/h1-9,16-17H. The molecule has 17 heavy (non-hydrogen) atoms. The highest BCUT2D eigenvalue weighted by atomic mass is 19.1. The summed E-state index contributed by atoms with van der Waals surface area (Å²) in [5, 5.41) is 13.4. The van der Waals surface area contributed by atoms with Gasteiger partial charge < -0.3 is 5.11 Å². The van der Waals surface area contributed by atoms with Gasteiger partial charge in [-0.1, -0.05) is 18.2 Å². The van der Waals surface area contributed by atoms with E-state index in [0.29, 0.717) is 5.56 Å². The summed E-state index contributed by atoms with van der Waals surface area (Å²) in [5.41, 5.74) is 3.92. The average molecular weight is 230 g/mol. The Morgan fingerprint density at radius 3 is 2.65 bits per heavy atom. The third-order valence-electron chi connectivity index (χ3n) is 2.16. The van der Waals surface area contributed by atoms with E-state index in [1.54, 1.807) is 0 Å². The molecule has 2 aromatic rings. The minimum Gasteiger partial charge on any atom is -0.507 e. The van der Waals surface area contributed by atoms with Gasteiger partial charge in [-0.25, -0.2) is 4.39 Å². The Kier molecular flexibility index (Phi) is 3.35. The zero-order valence-corrected chi connectivity index (χ0v) is 8.97. The van der Waals surface area contributed by atoms with E-state index in [-0.39, 0.29) is 5.75 Å². The van der Waals surface area contributed by atoms with Crippen LogP contribution in [0, 0.1) is 5.82 Å². The van der Waals surface area contributed by atoms with E-state index in [2.05, 4.69) is 10.5 Å². The Labute approximate surface area is 98.2 Å². The van der Waals surface area contributed by atoms with E-state index < -0.39 is 5.82 Å². The molecule has 0 atom stereocenters. The van der Waals surface area contributed by atoms with Crippen LogP contribution in [0.15, 0.2) is 53.6 Å². The number of nitrogens with zero attached hydrogens (tertiary/aromatic N) is 1. The van der Waals surface area contributed by atoms with Crippen LogP contribution in [0.4, 0.5) is 10.1 Å². The van der Waals surface area contributed by atoms with E-state index in [9.17, 15) is 9.50 Å². The normalized spacial score (nSPS) is 10.6. The molecule has 0 amide bonds. The number of para-hydroxylation sites is 1. The van der Waals surface area contributed by atoms with Crippen molar-refractivity contribution in [3.63, 3.8) is 0 Å². The Hall–Kier alpha value is -2.36. The first-order chi connectivity index (χ1) is 8.25. The molecule has 2 rings (SSSR count). The number of hydrogen-bond acceptors (Lipinski definition) is 3. The summed E-state index contributed by atoms with van der Waals surface area (Å²) in [6.07, 6.45) is 1.37. The molecule has 0 spiro atoms. The van der Waals surface area contributed by atoms with E-state index >= 15 is 0 Å². The van der Waals surface area contributed by atoms with Gasteiger partial charge in [0.15, 0.2) is 0 Å².